The Bertz CT molecular complexity index is 376. The van der Waals surface area contributed by atoms with Gasteiger partial charge in [0, 0.05) is 5.56 Å². The van der Waals surface area contributed by atoms with Crippen LogP contribution in [0.25, 0.3) is 0 Å². The highest BCUT2D eigenvalue weighted by Crippen LogP contribution is 2.16. The number of rotatable bonds is 5. The summed E-state index contributed by atoms with van der Waals surface area (Å²) in [6.07, 6.45) is 0.552. The van der Waals surface area contributed by atoms with Crippen LogP contribution in [0.4, 0.5) is 0 Å². The van der Waals surface area contributed by atoms with E-state index in [4.69, 9.17) is 15.6 Å². The summed E-state index contributed by atoms with van der Waals surface area (Å²) in [5, 5.41) is 8.53. The second-order valence-corrected chi connectivity index (χ2v) is 2.80. The molecule has 1 aromatic rings. The normalized spacial score (nSPS) is 9.67. The molecular formula is C10H11NO4. The first-order valence-corrected chi connectivity index (χ1v) is 4.31. The average molecular weight is 209 g/mol. The lowest BCUT2D eigenvalue weighted by atomic mass is 10.1. The van der Waals surface area contributed by atoms with Crippen molar-refractivity contribution in [3.8, 4) is 5.75 Å². The van der Waals surface area contributed by atoms with Crippen molar-refractivity contribution in [2.45, 2.75) is 0 Å². The molecule has 0 saturated heterocycles. The van der Waals surface area contributed by atoms with Crippen LogP contribution in [0.2, 0.25) is 0 Å². The van der Waals surface area contributed by atoms with Gasteiger partial charge in [-0.2, -0.15) is 0 Å². The highest BCUT2D eigenvalue weighted by Gasteiger charge is 2.08. The van der Waals surface area contributed by atoms with Gasteiger partial charge in [0.25, 0.3) is 0 Å². The van der Waals surface area contributed by atoms with Crippen LogP contribution >= 0.6 is 0 Å². The lowest BCUT2D eigenvalue weighted by Gasteiger charge is -2.06. The van der Waals surface area contributed by atoms with E-state index in [9.17, 15) is 9.59 Å². The number of aldehydes is 1. The predicted molar refractivity (Wildman–Crippen MR) is 52.9 cm³/mol. The smallest absolute Gasteiger partial charge is 0.249 e. The number of primary amides is 1. The summed E-state index contributed by atoms with van der Waals surface area (Å²) in [5.74, 6) is -0.296. The number of amides is 1. The maximum atomic E-state index is 11.0. The molecule has 0 radical (unpaired) electrons. The fraction of sp³-hybridized carbons (Fsp3) is 0.200. The predicted octanol–water partition coefficient (Wildman–Crippen LogP) is -0.0309. The van der Waals surface area contributed by atoms with Gasteiger partial charge in [-0.15, -0.1) is 0 Å². The minimum atomic E-state index is -0.688. The molecule has 0 atom stereocenters. The van der Waals surface area contributed by atoms with Crippen molar-refractivity contribution >= 4 is 12.2 Å². The quantitative estimate of drug-likeness (QED) is 0.666. The van der Waals surface area contributed by atoms with Gasteiger partial charge in [-0.1, -0.05) is 0 Å². The zero-order valence-electron chi connectivity index (χ0n) is 7.97. The molecule has 3 N–H and O–H groups in total. The number of carbonyl (C=O) groups excluding carboxylic acids is 2. The Morgan fingerprint density at radius 2 is 2.27 bits per heavy atom. The molecule has 0 aliphatic heterocycles. The first kappa shape index (κ1) is 11.2. The molecule has 0 aliphatic rings. The molecule has 1 amide bonds. The number of nitrogens with two attached hydrogens (primary N) is 1. The number of hydrogen-bond acceptors (Lipinski definition) is 4. The van der Waals surface area contributed by atoms with Crippen LogP contribution in [0, 0.1) is 0 Å². The number of aliphatic hydroxyl groups is 1. The van der Waals surface area contributed by atoms with Crippen LogP contribution in [-0.2, 0) is 0 Å². The Labute approximate surface area is 86.5 Å². The summed E-state index contributed by atoms with van der Waals surface area (Å²) in [5.41, 5.74) is 5.42. The maximum absolute atomic E-state index is 11.0. The molecule has 0 unspecified atom stereocenters. The third-order valence-electron chi connectivity index (χ3n) is 1.78. The van der Waals surface area contributed by atoms with Crippen LogP contribution in [0.1, 0.15) is 20.7 Å². The van der Waals surface area contributed by atoms with Crippen molar-refractivity contribution in [2.24, 2.45) is 5.73 Å². The zero-order chi connectivity index (χ0) is 11.3. The Balaban J connectivity index is 2.99. The van der Waals surface area contributed by atoms with E-state index in [2.05, 4.69) is 0 Å². The van der Waals surface area contributed by atoms with Gasteiger partial charge in [-0.25, -0.2) is 0 Å². The number of hydrogen-bond donors (Lipinski definition) is 2. The average Bonchev–Trinajstić information content (AvgIpc) is 2.25. The number of ether oxygens (including phenoxy) is 1. The second-order valence-electron chi connectivity index (χ2n) is 2.80. The minimum Gasteiger partial charge on any atom is -0.491 e. The molecule has 15 heavy (non-hydrogen) atoms. The van der Waals surface area contributed by atoms with E-state index in [1.54, 1.807) is 0 Å². The molecule has 0 spiro atoms. The largest absolute Gasteiger partial charge is 0.491 e. The first-order valence-electron chi connectivity index (χ1n) is 4.31. The molecule has 1 aromatic carbocycles. The molecule has 0 aromatic heterocycles. The van der Waals surface area contributed by atoms with Crippen molar-refractivity contribution in [2.75, 3.05) is 13.2 Å². The van der Waals surface area contributed by atoms with Gasteiger partial charge in [0.15, 0.2) is 6.29 Å². The molecule has 0 aliphatic carbocycles. The molecule has 0 bridgehead atoms. The van der Waals surface area contributed by atoms with Gasteiger partial charge < -0.3 is 15.6 Å². The molecule has 0 saturated carbocycles. The topological polar surface area (TPSA) is 89.6 Å². The van der Waals surface area contributed by atoms with Crippen molar-refractivity contribution in [1.29, 1.82) is 0 Å². The van der Waals surface area contributed by atoms with Crippen LogP contribution in [0.3, 0.4) is 0 Å². The molecule has 5 nitrogen and oxygen atoms in total. The summed E-state index contributed by atoms with van der Waals surface area (Å²) in [6.45, 7) is -0.0000252. The van der Waals surface area contributed by atoms with Crippen molar-refractivity contribution in [1.82, 2.24) is 0 Å². The molecule has 80 valence electrons. The van der Waals surface area contributed by atoms with E-state index in [-0.39, 0.29) is 24.3 Å². The molecule has 0 heterocycles. The van der Waals surface area contributed by atoms with Gasteiger partial charge >= 0.3 is 0 Å². The summed E-state index contributed by atoms with van der Waals surface area (Å²) >= 11 is 0. The second kappa shape index (κ2) is 5.11. The summed E-state index contributed by atoms with van der Waals surface area (Å²) in [6, 6.07) is 4.35. The standard InChI is InChI=1S/C10H11NO4/c11-10(14)9-5-8(15-4-3-12)2-1-7(9)6-13/h1-2,5-6,12H,3-4H2,(H2,11,14). The fourth-order valence-electron chi connectivity index (χ4n) is 1.10. The van der Waals surface area contributed by atoms with Gasteiger partial charge in [0.2, 0.25) is 5.91 Å². The fourth-order valence-corrected chi connectivity index (χ4v) is 1.10. The highest BCUT2D eigenvalue weighted by molar-refractivity contribution is 6.00. The Morgan fingerprint density at radius 1 is 1.53 bits per heavy atom. The summed E-state index contributed by atoms with van der Waals surface area (Å²) in [7, 11) is 0. The van der Waals surface area contributed by atoms with Gasteiger partial charge in [0.05, 0.1) is 12.2 Å². The van der Waals surface area contributed by atoms with Gasteiger partial charge in [-0.05, 0) is 18.2 Å². The van der Waals surface area contributed by atoms with E-state index < -0.39 is 5.91 Å². The van der Waals surface area contributed by atoms with Crippen LogP contribution in [0.5, 0.6) is 5.75 Å². The third kappa shape index (κ3) is 2.78. The lowest BCUT2D eigenvalue weighted by molar-refractivity contribution is 0.0992. The lowest BCUT2D eigenvalue weighted by Crippen LogP contribution is -2.14. The Morgan fingerprint density at radius 3 is 2.80 bits per heavy atom. The van der Waals surface area contributed by atoms with E-state index in [1.165, 1.54) is 18.2 Å². The van der Waals surface area contributed by atoms with Crippen LogP contribution < -0.4 is 10.5 Å². The number of carbonyl (C=O) groups is 2. The third-order valence-corrected chi connectivity index (χ3v) is 1.78. The van der Waals surface area contributed by atoms with Crippen molar-refractivity contribution < 1.29 is 19.4 Å². The SMILES string of the molecule is NC(=O)c1cc(OCCO)ccc1C=O. The van der Waals surface area contributed by atoms with E-state index in [0.29, 0.717) is 12.0 Å². The van der Waals surface area contributed by atoms with Gasteiger partial charge in [0.1, 0.15) is 12.4 Å². The molecule has 1 rings (SSSR count). The monoisotopic (exact) mass is 209 g/mol. The molecule has 0 fully saturated rings. The van der Waals surface area contributed by atoms with E-state index in [1.807, 2.05) is 0 Å². The molecule has 5 heteroatoms. The molecular weight excluding hydrogens is 198 g/mol. The van der Waals surface area contributed by atoms with Crippen molar-refractivity contribution in [3.05, 3.63) is 29.3 Å². The van der Waals surface area contributed by atoms with Crippen molar-refractivity contribution in [3.63, 3.8) is 0 Å². The maximum Gasteiger partial charge on any atom is 0.249 e. The van der Waals surface area contributed by atoms with E-state index >= 15 is 0 Å². The van der Waals surface area contributed by atoms with Gasteiger partial charge in [-0.3, -0.25) is 9.59 Å². The highest BCUT2D eigenvalue weighted by atomic mass is 16.5. The Hall–Kier alpha value is -1.88. The van der Waals surface area contributed by atoms with Crippen LogP contribution in [0.15, 0.2) is 18.2 Å². The summed E-state index contributed by atoms with van der Waals surface area (Å²) < 4.78 is 5.07. The minimum absolute atomic E-state index is 0.112. The van der Waals surface area contributed by atoms with E-state index in [0.717, 1.165) is 0 Å². The zero-order valence-corrected chi connectivity index (χ0v) is 7.97. The number of benzene rings is 1. The first-order chi connectivity index (χ1) is 7.19. The Kier molecular flexibility index (Phi) is 3.82. The number of aliphatic hydroxyl groups excluding tert-OH is 1. The van der Waals surface area contributed by atoms with Crippen LogP contribution in [-0.4, -0.2) is 30.5 Å². The summed E-state index contributed by atoms with van der Waals surface area (Å²) in [4.78, 5) is 21.5.